The van der Waals surface area contributed by atoms with E-state index in [4.69, 9.17) is 4.42 Å². The molecule has 4 heterocycles. The van der Waals surface area contributed by atoms with Gasteiger partial charge in [0, 0.05) is 44.9 Å². The Bertz CT molecular complexity index is 1720. The zero-order valence-electron chi connectivity index (χ0n) is 27.2. The van der Waals surface area contributed by atoms with Crippen LogP contribution in [0.4, 0.5) is 0 Å². The second kappa shape index (κ2) is 14.7. The lowest BCUT2D eigenvalue weighted by atomic mass is 10.0. The number of carbonyl (C=O) groups excluding carboxylic acids is 4. The fourth-order valence-electron chi connectivity index (χ4n) is 5.49. The van der Waals surface area contributed by atoms with Crippen LogP contribution < -0.4 is 16.0 Å². The van der Waals surface area contributed by atoms with Gasteiger partial charge in [0.2, 0.25) is 11.8 Å². The van der Waals surface area contributed by atoms with Crippen molar-refractivity contribution in [3.8, 4) is 0 Å². The molecule has 4 amide bonds. The maximum atomic E-state index is 13.6. The summed E-state index contributed by atoms with van der Waals surface area (Å²) in [5.74, 6) is -0.834. The summed E-state index contributed by atoms with van der Waals surface area (Å²) in [6.07, 6.45) is 2.47. The molecule has 0 fully saturated rings. The lowest BCUT2D eigenvalue weighted by Crippen LogP contribution is -2.40. The van der Waals surface area contributed by atoms with Crippen LogP contribution in [0.15, 0.2) is 46.5 Å². The van der Waals surface area contributed by atoms with Crippen LogP contribution in [0.2, 0.25) is 0 Å². The highest BCUT2D eigenvalue weighted by Crippen LogP contribution is 2.27. The van der Waals surface area contributed by atoms with E-state index in [9.17, 15) is 19.2 Å². The number of amides is 4. The summed E-state index contributed by atoms with van der Waals surface area (Å²) in [6, 6.07) is 8.51. The second-order valence-electron chi connectivity index (χ2n) is 12.0. The van der Waals surface area contributed by atoms with Crippen molar-refractivity contribution in [2.24, 2.45) is 13.0 Å². The molecule has 14 heteroatoms. The lowest BCUT2D eigenvalue weighted by Gasteiger charge is -2.23. The minimum absolute atomic E-state index is 0.0503. The first-order valence-electron chi connectivity index (χ1n) is 15.6. The predicted molar refractivity (Wildman–Crippen MR) is 175 cm³/mol. The summed E-state index contributed by atoms with van der Waals surface area (Å²) < 4.78 is 7.67. The first kappa shape index (κ1) is 33.5. The van der Waals surface area contributed by atoms with Crippen LogP contribution in [-0.2, 0) is 18.3 Å². The number of aryl methyl sites for hydroxylation is 3. The summed E-state index contributed by atoms with van der Waals surface area (Å²) >= 11 is 1.28. The third kappa shape index (κ3) is 7.94. The molecule has 4 bridgehead atoms. The molecule has 4 aromatic rings. The number of carbonyl (C=O) groups is 4. The quantitative estimate of drug-likeness (QED) is 0.299. The molecule has 0 saturated heterocycles. The van der Waals surface area contributed by atoms with Crippen molar-refractivity contribution in [1.29, 1.82) is 0 Å². The Labute approximate surface area is 277 Å². The molecule has 0 unspecified atom stereocenters. The van der Waals surface area contributed by atoms with Gasteiger partial charge in [0.15, 0.2) is 5.69 Å². The van der Waals surface area contributed by atoms with Gasteiger partial charge in [-0.25, -0.2) is 15.0 Å². The van der Waals surface area contributed by atoms with E-state index in [0.29, 0.717) is 35.0 Å². The number of nitrogens with zero attached hydrogens (tertiary/aromatic N) is 5. The van der Waals surface area contributed by atoms with Crippen molar-refractivity contribution >= 4 is 35.0 Å². The van der Waals surface area contributed by atoms with Crippen LogP contribution in [0.1, 0.15) is 98.2 Å². The van der Waals surface area contributed by atoms with Gasteiger partial charge in [-0.05, 0) is 31.7 Å². The fourth-order valence-corrected chi connectivity index (χ4v) is 6.51. The number of nitrogens with one attached hydrogen (secondary N) is 3. The highest BCUT2D eigenvalue weighted by atomic mass is 32.1. The van der Waals surface area contributed by atoms with Gasteiger partial charge in [0.05, 0.1) is 18.1 Å². The Hall–Kier alpha value is -4.85. The number of imidazole rings is 1. The number of rotatable bonds is 4. The van der Waals surface area contributed by atoms with E-state index in [1.54, 1.807) is 42.1 Å². The molecule has 0 spiro atoms. The highest BCUT2D eigenvalue weighted by molar-refractivity contribution is 7.09. The Balaban J connectivity index is 1.46. The van der Waals surface area contributed by atoms with Crippen molar-refractivity contribution in [3.05, 3.63) is 87.0 Å². The molecule has 0 aliphatic carbocycles. The number of oxazole rings is 1. The molecule has 5 rings (SSSR count). The fraction of sp³-hybridized carbons (Fsp3) is 0.424. The number of aromatic nitrogens is 4. The number of benzene rings is 1. The molecule has 2 atom stereocenters. The monoisotopic (exact) mass is 660 g/mol. The van der Waals surface area contributed by atoms with Crippen LogP contribution in [-0.4, -0.2) is 67.7 Å². The molecule has 3 aromatic heterocycles. The standard InChI is InChI=1S/C33H40N8O5S/c1-19(2)26-32-37-24(17-47-32)29(43)34-13-15-41(33(45)28-20(3)35-18-40(28)5)14-9-12-25(42)36-23(16-22-10-7-6-8-11-22)31-39-27(21(4)46-31)30(44)38-26/h6-8,10-11,17-19,23,26H,9,12-16H2,1-5H3,(H,34,43)(H,36,42)(H,38,44)/t23-,26-/m0/s1. The summed E-state index contributed by atoms with van der Waals surface area (Å²) in [4.78, 5) is 68.5. The zero-order valence-corrected chi connectivity index (χ0v) is 28.0. The maximum Gasteiger partial charge on any atom is 0.274 e. The van der Waals surface area contributed by atoms with Crippen molar-refractivity contribution in [2.75, 3.05) is 19.6 Å². The minimum atomic E-state index is -0.636. The molecule has 1 aromatic carbocycles. The van der Waals surface area contributed by atoms with Crippen molar-refractivity contribution in [1.82, 2.24) is 40.4 Å². The van der Waals surface area contributed by atoms with E-state index in [2.05, 4.69) is 30.9 Å². The Kier molecular flexibility index (Phi) is 10.5. The number of fused-ring (bicyclic) bond motifs is 4. The van der Waals surface area contributed by atoms with Crippen LogP contribution in [0.3, 0.4) is 0 Å². The first-order valence-corrected chi connectivity index (χ1v) is 16.5. The topological polar surface area (TPSA) is 164 Å². The number of hydrogen-bond acceptors (Lipinski definition) is 9. The van der Waals surface area contributed by atoms with Crippen LogP contribution in [0, 0.1) is 19.8 Å². The third-order valence-electron chi connectivity index (χ3n) is 8.03. The zero-order chi connectivity index (χ0) is 33.7. The molecule has 1 aliphatic rings. The van der Waals surface area contributed by atoms with Gasteiger partial charge in [0.1, 0.15) is 28.2 Å². The van der Waals surface area contributed by atoms with Crippen molar-refractivity contribution in [2.45, 2.75) is 59.0 Å². The van der Waals surface area contributed by atoms with Crippen LogP contribution in [0.25, 0.3) is 0 Å². The van der Waals surface area contributed by atoms with E-state index < -0.39 is 18.0 Å². The normalized spacial score (nSPS) is 18.4. The predicted octanol–water partition coefficient (Wildman–Crippen LogP) is 3.67. The molecular weight excluding hydrogens is 620 g/mol. The van der Waals surface area contributed by atoms with Gasteiger partial charge >= 0.3 is 0 Å². The van der Waals surface area contributed by atoms with Crippen molar-refractivity contribution in [3.63, 3.8) is 0 Å². The van der Waals surface area contributed by atoms with Crippen LogP contribution >= 0.6 is 11.3 Å². The third-order valence-corrected chi connectivity index (χ3v) is 8.95. The molecule has 248 valence electrons. The Morgan fingerprint density at radius 3 is 2.53 bits per heavy atom. The van der Waals surface area contributed by atoms with Gasteiger partial charge < -0.3 is 29.8 Å². The molecule has 1 aliphatic heterocycles. The van der Waals surface area contributed by atoms with Crippen molar-refractivity contribution < 1.29 is 23.6 Å². The second-order valence-corrected chi connectivity index (χ2v) is 12.9. The molecule has 47 heavy (non-hydrogen) atoms. The summed E-state index contributed by atoms with van der Waals surface area (Å²) in [7, 11) is 1.75. The molecule has 0 saturated carbocycles. The molecule has 13 nitrogen and oxygen atoms in total. The largest absolute Gasteiger partial charge is 0.443 e. The van der Waals surface area contributed by atoms with Gasteiger partial charge in [0.25, 0.3) is 17.7 Å². The Morgan fingerprint density at radius 2 is 1.83 bits per heavy atom. The summed E-state index contributed by atoms with van der Waals surface area (Å²) in [5.41, 5.74) is 2.33. The Morgan fingerprint density at radius 1 is 1.06 bits per heavy atom. The van der Waals surface area contributed by atoms with Crippen LogP contribution in [0.5, 0.6) is 0 Å². The first-order chi connectivity index (χ1) is 22.5. The van der Waals surface area contributed by atoms with Gasteiger partial charge in [-0.3, -0.25) is 19.2 Å². The number of hydrogen-bond donors (Lipinski definition) is 3. The lowest BCUT2D eigenvalue weighted by molar-refractivity contribution is -0.122. The van der Waals surface area contributed by atoms with E-state index in [1.165, 1.54) is 11.3 Å². The van der Waals surface area contributed by atoms with E-state index in [-0.39, 0.29) is 67.0 Å². The number of thiazole rings is 1. The van der Waals surface area contributed by atoms with Gasteiger partial charge in [-0.15, -0.1) is 11.3 Å². The SMILES string of the molecule is Cc1ncn(C)c1C(=O)N1CCCC(=O)N[C@@H](Cc2ccccc2)c2nc(c(C)o2)C(=O)N[C@@H](C(C)C)c2nc(cs2)C(=O)NCC1. The highest BCUT2D eigenvalue weighted by Gasteiger charge is 2.29. The summed E-state index contributed by atoms with van der Waals surface area (Å²) in [5, 5.41) is 11.1. The molecular formula is C33H40N8O5S. The van der Waals surface area contributed by atoms with E-state index in [0.717, 1.165) is 5.56 Å². The van der Waals surface area contributed by atoms with Gasteiger partial charge in [-0.1, -0.05) is 44.2 Å². The molecule has 3 N–H and O–H groups in total. The average Bonchev–Trinajstić information content (AvgIpc) is 3.77. The molecule has 0 radical (unpaired) electrons. The average molecular weight is 661 g/mol. The van der Waals surface area contributed by atoms with Gasteiger partial charge in [-0.2, -0.15) is 0 Å². The smallest absolute Gasteiger partial charge is 0.274 e. The van der Waals surface area contributed by atoms with E-state index in [1.807, 2.05) is 44.2 Å². The minimum Gasteiger partial charge on any atom is -0.443 e. The van der Waals surface area contributed by atoms with E-state index >= 15 is 0 Å². The summed E-state index contributed by atoms with van der Waals surface area (Å²) in [6.45, 7) is 8.00. The maximum absolute atomic E-state index is 13.6.